The zero-order valence-electron chi connectivity index (χ0n) is 28.0. The monoisotopic (exact) mass is 607 g/mol. The number of nitrogens with one attached hydrogen (secondary N) is 2. The molecule has 7 nitrogen and oxygen atoms in total. The minimum absolute atomic E-state index is 0.213. The molecule has 2 heterocycles. The zero-order valence-corrected chi connectivity index (χ0v) is 28.0. The number of hydrogen-bond acceptors (Lipinski definition) is 4. The normalized spacial score (nSPS) is 11.8. The molecule has 7 heteroatoms. The molecule has 2 amide bonds. The molecule has 4 rings (SSSR count). The molecule has 2 aromatic heterocycles. The van der Waals surface area contributed by atoms with E-state index in [9.17, 15) is 9.59 Å². The second-order valence-electron chi connectivity index (χ2n) is 12.1. The molecule has 0 atom stereocenters. The molecule has 4 aromatic rings. The van der Waals surface area contributed by atoms with Gasteiger partial charge in [0.1, 0.15) is 11.3 Å². The van der Waals surface area contributed by atoms with E-state index in [1.54, 1.807) is 10.8 Å². The number of hydrogen-bond donors (Lipinski definition) is 2. The summed E-state index contributed by atoms with van der Waals surface area (Å²) in [5.74, 6) is 0.426. The van der Waals surface area contributed by atoms with Crippen LogP contribution in [0.15, 0.2) is 71.7 Å². The summed E-state index contributed by atoms with van der Waals surface area (Å²) in [6.45, 7) is 18.3. The van der Waals surface area contributed by atoms with Gasteiger partial charge in [-0.15, -0.1) is 0 Å². The first-order valence-electron chi connectivity index (χ1n) is 16.4. The highest BCUT2D eigenvalue weighted by molar-refractivity contribution is 6.08. The van der Waals surface area contributed by atoms with Crippen LogP contribution in [0.1, 0.15) is 89.8 Å². The highest BCUT2D eigenvalue weighted by Gasteiger charge is 2.22. The number of nitrogens with zero attached hydrogens (tertiary/aromatic N) is 3. The fourth-order valence-electron chi connectivity index (χ4n) is 5.79. The van der Waals surface area contributed by atoms with Gasteiger partial charge in [0.2, 0.25) is 0 Å². The topological polar surface area (TPSA) is 79.3 Å². The van der Waals surface area contributed by atoms with Crippen LogP contribution in [0.4, 0.5) is 16.2 Å². The minimum Gasteiger partial charge on any atom is -0.307 e. The first-order valence-corrected chi connectivity index (χ1v) is 16.4. The second-order valence-corrected chi connectivity index (χ2v) is 12.1. The number of likely N-dealkylation sites (N-methyl/N-ethyl adjacent to an activating group) is 1. The Hall–Kier alpha value is -4.23. The Morgan fingerprint density at radius 1 is 0.911 bits per heavy atom. The van der Waals surface area contributed by atoms with E-state index in [1.807, 2.05) is 30.3 Å². The summed E-state index contributed by atoms with van der Waals surface area (Å²) in [6, 6.07) is 17.7. The molecule has 0 spiro atoms. The van der Waals surface area contributed by atoms with Crippen molar-refractivity contribution in [2.24, 2.45) is 0 Å². The number of carbonyl (C=O) groups is 1. The molecule has 2 N–H and O–H groups in total. The lowest BCUT2D eigenvalue weighted by Crippen LogP contribution is -2.30. The van der Waals surface area contributed by atoms with Crippen LogP contribution in [-0.4, -0.2) is 40.1 Å². The Balaban J connectivity index is 1.85. The zero-order chi connectivity index (χ0) is 32.5. The highest BCUT2D eigenvalue weighted by atomic mass is 16.2. The van der Waals surface area contributed by atoms with E-state index in [2.05, 4.69) is 105 Å². The summed E-state index contributed by atoms with van der Waals surface area (Å²) < 4.78 is 1.70. The molecule has 0 saturated heterocycles. The molecule has 0 aliphatic heterocycles. The summed E-state index contributed by atoms with van der Waals surface area (Å²) in [7, 11) is 0. The number of aromatic nitrogens is 2. The predicted molar refractivity (Wildman–Crippen MR) is 190 cm³/mol. The van der Waals surface area contributed by atoms with Gasteiger partial charge in [-0.2, -0.15) is 0 Å². The van der Waals surface area contributed by atoms with Crippen LogP contribution < -0.4 is 16.2 Å². The summed E-state index contributed by atoms with van der Waals surface area (Å²) in [4.78, 5) is 35.1. The van der Waals surface area contributed by atoms with E-state index >= 15 is 0 Å². The van der Waals surface area contributed by atoms with E-state index < -0.39 is 6.03 Å². The number of anilines is 2. The summed E-state index contributed by atoms with van der Waals surface area (Å²) >= 11 is 0. The quantitative estimate of drug-likeness (QED) is 0.159. The number of rotatable bonds is 13. The number of unbranched alkanes of at least 4 members (excludes halogenated alkanes) is 1. The lowest BCUT2D eigenvalue weighted by molar-refractivity contribution is 0.262. The number of carbonyl (C=O) groups excluding carboxylic acids is 1. The van der Waals surface area contributed by atoms with E-state index in [4.69, 9.17) is 0 Å². The van der Waals surface area contributed by atoms with Crippen LogP contribution in [0, 0.1) is 0 Å². The van der Waals surface area contributed by atoms with Crippen LogP contribution in [0.3, 0.4) is 0 Å². The number of para-hydroxylation sites is 1. The SMILES string of the molecule is CCCCn1c(=O)c(NC(=O)Nc2c(C(C)C)cccc2C(C)C)c(-c2cccc(/C=C/CN(CC)CC)c2)c2cccnc21. The van der Waals surface area contributed by atoms with Crippen LogP contribution in [0.25, 0.3) is 28.2 Å². The molecule has 0 bridgehead atoms. The Morgan fingerprint density at radius 3 is 2.22 bits per heavy atom. The lowest BCUT2D eigenvalue weighted by atomic mass is 9.93. The van der Waals surface area contributed by atoms with E-state index in [0.29, 0.717) is 17.8 Å². The molecule has 2 aromatic carbocycles. The maximum absolute atomic E-state index is 14.3. The summed E-state index contributed by atoms with van der Waals surface area (Å²) in [6.07, 6.45) is 7.75. The van der Waals surface area contributed by atoms with E-state index in [-0.39, 0.29) is 23.1 Å². The first-order chi connectivity index (χ1) is 21.7. The van der Waals surface area contributed by atoms with Crippen LogP contribution in [0.2, 0.25) is 0 Å². The smallest absolute Gasteiger partial charge is 0.307 e. The first kappa shape index (κ1) is 33.7. The van der Waals surface area contributed by atoms with Gasteiger partial charge in [-0.1, -0.05) is 103 Å². The standard InChI is InChI=1S/C38H49N5O2/c1-8-11-24-43-36-32(21-14-22-39-36)33(29-18-12-16-28(25-29)17-15-23-42(9-2)10-3)35(37(43)44)41-38(45)40-34-30(26(4)5)19-13-20-31(34)27(6)7/h12-22,25-27H,8-11,23-24H2,1-7H3,(H2,40,41,45)/b17-15+. The number of urea groups is 1. The Kier molecular flexibility index (Phi) is 11.7. The fraction of sp³-hybridized carbons (Fsp3) is 0.395. The third kappa shape index (κ3) is 7.90. The Morgan fingerprint density at radius 2 is 1.58 bits per heavy atom. The number of fused-ring (bicyclic) bond motifs is 1. The maximum Gasteiger partial charge on any atom is 0.323 e. The van der Waals surface area contributed by atoms with Gasteiger partial charge in [0.05, 0.1) is 0 Å². The Labute approximate surface area is 268 Å². The molecule has 0 radical (unpaired) electrons. The molecule has 0 saturated carbocycles. The average Bonchev–Trinajstić information content (AvgIpc) is 3.03. The van der Waals surface area contributed by atoms with E-state index in [1.165, 1.54) is 0 Å². The lowest BCUT2D eigenvalue weighted by Gasteiger charge is -2.22. The van der Waals surface area contributed by atoms with Crippen molar-refractivity contribution in [3.63, 3.8) is 0 Å². The van der Waals surface area contributed by atoms with Crippen molar-refractivity contribution in [1.29, 1.82) is 0 Å². The van der Waals surface area contributed by atoms with Gasteiger partial charge in [0.25, 0.3) is 5.56 Å². The summed E-state index contributed by atoms with van der Waals surface area (Å²) in [5.41, 5.74) is 6.07. The maximum atomic E-state index is 14.3. The van der Waals surface area contributed by atoms with Crippen molar-refractivity contribution in [2.75, 3.05) is 30.3 Å². The predicted octanol–water partition coefficient (Wildman–Crippen LogP) is 9.11. The van der Waals surface area contributed by atoms with Crippen molar-refractivity contribution < 1.29 is 4.79 Å². The third-order valence-electron chi connectivity index (χ3n) is 8.35. The van der Waals surface area contributed by atoms with Gasteiger partial charge in [0, 0.05) is 35.9 Å². The third-order valence-corrected chi connectivity index (χ3v) is 8.35. The molecular weight excluding hydrogens is 558 g/mol. The number of pyridine rings is 2. The summed E-state index contributed by atoms with van der Waals surface area (Å²) in [5, 5.41) is 6.98. The van der Waals surface area contributed by atoms with Crippen LogP contribution in [0.5, 0.6) is 0 Å². The number of benzene rings is 2. The van der Waals surface area contributed by atoms with Gasteiger partial charge in [-0.3, -0.25) is 9.36 Å². The molecule has 45 heavy (non-hydrogen) atoms. The van der Waals surface area contributed by atoms with Gasteiger partial charge in [0.15, 0.2) is 0 Å². The van der Waals surface area contributed by atoms with Crippen molar-refractivity contribution in [3.05, 3.63) is 93.9 Å². The molecule has 238 valence electrons. The molecule has 0 aliphatic carbocycles. The Bertz CT molecular complexity index is 1670. The fourth-order valence-corrected chi connectivity index (χ4v) is 5.79. The highest BCUT2D eigenvalue weighted by Crippen LogP contribution is 2.35. The second kappa shape index (κ2) is 15.7. The van der Waals surface area contributed by atoms with Crippen molar-refractivity contribution in [2.45, 2.75) is 79.7 Å². The van der Waals surface area contributed by atoms with Crippen LogP contribution in [-0.2, 0) is 6.54 Å². The van der Waals surface area contributed by atoms with Gasteiger partial charge >= 0.3 is 6.03 Å². The number of amides is 2. The molecule has 0 fully saturated rings. The molecule has 0 aliphatic rings. The largest absolute Gasteiger partial charge is 0.323 e. The van der Waals surface area contributed by atoms with Crippen LogP contribution >= 0.6 is 0 Å². The average molecular weight is 608 g/mol. The van der Waals surface area contributed by atoms with Gasteiger partial charge in [-0.05, 0) is 71.8 Å². The minimum atomic E-state index is -0.441. The van der Waals surface area contributed by atoms with E-state index in [0.717, 1.165) is 65.8 Å². The van der Waals surface area contributed by atoms with Crippen molar-refractivity contribution in [3.8, 4) is 11.1 Å². The number of aryl methyl sites for hydroxylation is 1. The van der Waals surface area contributed by atoms with Crippen molar-refractivity contribution in [1.82, 2.24) is 14.5 Å². The van der Waals surface area contributed by atoms with Gasteiger partial charge < -0.3 is 15.5 Å². The van der Waals surface area contributed by atoms with Gasteiger partial charge in [-0.25, -0.2) is 9.78 Å². The molecule has 0 unspecified atom stereocenters. The van der Waals surface area contributed by atoms with Crippen molar-refractivity contribution >= 4 is 34.5 Å². The molecular formula is C38H49N5O2.